The molecule has 1 aromatic heterocycles. The highest BCUT2D eigenvalue weighted by atomic mass is 16.5. The number of aromatic nitrogens is 1. The summed E-state index contributed by atoms with van der Waals surface area (Å²) in [6, 6.07) is 16.7. The zero-order valence-electron chi connectivity index (χ0n) is 18.7. The molecule has 166 valence electrons. The van der Waals surface area contributed by atoms with Crippen molar-refractivity contribution >= 4 is 22.6 Å². The van der Waals surface area contributed by atoms with Crippen LogP contribution in [0.1, 0.15) is 30.8 Å². The average molecular weight is 433 g/mol. The number of esters is 1. The minimum Gasteiger partial charge on any atom is -0.451 e. The third kappa shape index (κ3) is 4.17. The van der Waals surface area contributed by atoms with E-state index in [1.54, 1.807) is 24.1 Å². The highest BCUT2D eigenvalue weighted by Gasteiger charge is 2.27. The molecule has 2 atom stereocenters. The number of rotatable bonds is 4. The summed E-state index contributed by atoms with van der Waals surface area (Å²) in [6.07, 6.45) is 1.09. The van der Waals surface area contributed by atoms with Gasteiger partial charge in [0.25, 0.3) is 11.5 Å². The van der Waals surface area contributed by atoms with Crippen molar-refractivity contribution in [3.05, 3.63) is 70.6 Å². The second-order valence-electron chi connectivity index (χ2n) is 8.82. The van der Waals surface area contributed by atoms with Gasteiger partial charge in [0, 0.05) is 31.1 Å². The molecular formula is C26H28N2O4. The summed E-state index contributed by atoms with van der Waals surface area (Å²) in [6.45, 7) is 5.25. The molecule has 4 rings (SSSR count). The normalized spacial score (nSPS) is 18.5. The molecule has 1 aliphatic heterocycles. The molecule has 2 heterocycles. The molecule has 3 aromatic rings. The van der Waals surface area contributed by atoms with Crippen LogP contribution < -0.4 is 5.56 Å². The topological polar surface area (TPSA) is 68.6 Å². The lowest BCUT2D eigenvalue weighted by Gasteiger charge is -2.34. The van der Waals surface area contributed by atoms with E-state index < -0.39 is 5.97 Å². The second kappa shape index (κ2) is 8.99. The largest absolute Gasteiger partial charge is 0.451 e. The number of nitrogens with zero attached hydrogens (tertiary/aromatic N) is 2. The molecule has 1 fully saturated rings. The number of pyridine rings is 1. The maximum absolute atomic E-state index is 13.2. The Labute approximate surface area is 187 Å². The zero-order chi connectivity index (χ0) is 22.8. The van der Waals surface area contributed by atoms with Crippen molar-refractivity contribution in [2.75, 3.05) is 19.7 Å². The lowest BCUT2D eigenvalue weighted by molar-refractivity contribution is -0.137. The Hall–Kier alpha value is -3.41. The van der Waals surface area contributed by atoms with Gasteiger partial charge in [-0.2, -0.15) is 0 Å². The van der Waals surface area contributed by atoms with Gasteiger partial charge in [0.15, 0.2) is 6.61 Å². The molecule has 0 N–H and O–H groups in total. The van der Waals surface area contributed by atoms with E-state index in [0.29, 0.717) is 41.3 Å². The van der Waals surface area contributed by atoms with E-state index >= 15 is 0 Å². The minimum atomic E-state index is -0.680. The molecule has 0 bridgehead atoms. The smallest absolute Gasteiger partial charge is 0.356 e. The molecule has 32 heavy (non-hydrogen) atoms. The summed E-state index contributed by atoms with van der Waals surface area (Å²) < 4.78 is 6.79. The van der Waals surface area contributed by atoms with Gasteiger partial charge in [0.2, 0.25) is 0 Å². The van der Waals surface area contributed by atoms with Crippen LogP contribution in [0.15, 0.2) is 59.4 Å². The second-order valence-corrected chi connectivity index (χ2v) is 8.82. The Bertz CT molecular complexity index is 1210. The molecule has 0 radical (unpaired) electrons. The predicted molar refractivity (Wildman–Crippen MR) is 124 cm³/mol. The number of carbonyl (C=O) groups is 2. The number of piperidine rings is 1. The maximum Gasteiger partial charge on any atom is 0.356 e. The third-order valence-electron chi connectivity index (χ3n) is 6.11. The lowest BCUT2D eigenvalue weighted by atomic mass is 9.92. The van der Waals surface area contributed by atoms with Crippen molar-refractivity contribution in [3.63, 3.8) is 0 Å². The minimum absolute atomic E-state index is 0.146. The van der Waals surface area contributed by atoms with Crippen molar-refractivity contribution in [1.82, 2.24) is 9.47 Å². The summed E-state index contributed by atoms with van der Waals surface area (Å²) in [5, 5.41) is 1.21. The summed E-state index contributed by atoms with van der Waals surface area (Å²) in [7, 11) is 1.56. The Morgan fingerprint density at radius 3 is 2.19 bits per heavy atom. The predicted octanol–water partition coefficient (Wildman–Crippen LogP) is 3.87. The van der Waals surface area contributed by atoms with E-state index in [-0.39, 0.29) is 23.8 Å². The van der Waals surface area contributed by atoms with E-state index in [9.17, 15) is 14.4 Å². The SMILES string of the molecule is CC1CC(C)CN(C(=O)COC(=O)c2c(-c3ccccc3)c3ccccc3c(=O)n2C)C1. The Morgan fingerprint density at radius 1 is 0.938 bits per heavy atom. The molecular weight excluding hydrogens is 404 g/mol. The number of hydrogen-bond donors (Lipinski definition) is 0. The first-order chi connectivity index (χ1) is 15.4. The van der Waals surface area contributed by atoms with Crippen LogP contribution in [0.2, 0.25) is 0 Å². The van der Waals surface area contributed by atoms with E-state index in [2.05, 4.69) is 13.8 Å². The molecule has 1 aliphatic rings. The van der Waals surface area contributed by atoms with Crippen LogP contribution in [0, 0.1) is 11.8 Å². The van der Waals surface area contributed by atoms with Crippen molar-refractivity contribution in [3.8, 4) is 11.1 Å². The Balaban J connectivity index is 1.69. The van der Waals surface area contributed by atoms with Crippen LogP contribution in [0.3, 0.4) is 0 Å². The van der Waals surface area contributed by atoms with E-state index in [0.717, 1.165) is 12.0 Å². The number of carbonyl (C=O) groups excluding carboxylic acids is 2. The number of benzene rings is 2. The van der Waals surface area contributed by atoms with Gasteiger partial charge in [-0.15, -0.1) is 0 Å². The Kier molecular flexibility index (Phi) is 6.12. The highest BCUT2D eigenvalue weighted by Crippen LogP contribution is 2.31. The molecule has 0 spiro atoms. The first-order valence-corrected chi connectivity index (χ1v) is 11.0. The van der Waals surface area contributed by atoms with Gasteiger partial charge in [-0.3, -0.25) is 9.59 Å². The van der Waals surface area contributed by atoms with Gasteiger partial charge in [-0.05, 0) is 35.3 Å². The molecule has 6 heteroatoms. The molecule has 0 saturated carbocycles. The molecule has 1 saturated heterocycles. The van der Waals surface area contributed by atoms with Crippen molar-refractivity contribution in [2.24, 2.45) is 18.9 Å². The fourth-order valence-corrected chi connectivity index (χ4v) is 4.75. The van der Waals surface area contributed by atoms with Gasteiger partial charge in [-0.25, -0.2) is 4.79 Å². The van der Waals surface area contributed by atoms with Crippen molar-refractivity contribution in [1.29, 1.82) is 0 Å². The van der Waals surface area contributed by atoms with Gasteiger partial charge < -0.3 is 14.2 Å². The van der Waals surface area contributed by atoms with Gasteiger partial charge in [0.1, 0.15) is 5.69 Å². The molecule has 2 aromatic carbocycles. The zero-order valence-corrected chi connectivity index (χ0v) is 18.7. The summed E-state index contributed by atoms with van der Waals surface area (Å²) in [5.41, 5.74) is 1.29. The van der Waals surface area contributed by atoms with E-state index in [1.807, 2.05) is 42.5 Å². The number of ether oxygens (including phenoxy) is 1. The quantitative estimate of drug-likeness (QED) is 0.587. The average Bonchev–Trinajstić information content (AvgIpc) is 2.79. The monoisotopic (exact) mass is 432 g/mol. The third-order valence-corrected chi connectivity index (χ3v) is 6.11. The van der Waals surface area contributed by atoms with E-state index in [1.165, 1.54) is 4.57 Å². The fourth-order valence-electron chi connectivity index (χ4n) is 4.75. The first-order valence-electron chi connectivity index (χ1n) is 11.0. The van der Waals surface area contributed by atoms with Gasteiger partial charge in [0.05, 0.1) is 0 Å². The van der Waals surface area contributed by atoms with Gasteiger partial charge in [-0.1, -0.05) is 62.4 Å². The first kappa shape index (κ1) is 21.8. The number of amides is 1. The highest BCUT2D eigenvalue weighted by molar-refractivity contribution is 6.07. The summed E-state index contributed by atoms with van der Waals surface area (Å²) >= 11 is 0. The van der Waals surface area contributed by atoms with Crippen LogP contribution in [0.5, 0.6) is 0 Å². The fraction of sp³-hybridized carbons (Fsp3) is 0.346. The van der Waals surface area contributed by atoms with Crippen molar-refractivity contribution in [2.45, 2.75) is 20.3 Å². The molecule has 1 amide bonds. The standard InChI is InChI=1S/C26H28N2O4/c1-17-13-18(2)15-28(14-17)22(29)16-32-26(31)24-23(19-9-5-4-6-10-19)20-11-7-8-12-21(20)25(30)27(24)3/h4-12,17-18H,13-16H2,1-3H3. The van der Waals surface area contributed by atoms with Crippen LogP contribution in [-0.4, -0.2) is 41.0 Å². The lowest BCUT2D eigenvalue weighted by Crippen LogP contribution is -2.44. The Morgan fingerprint density at radius 2 is 1.53 bits per heavy atom. The number of fused-ring (bicyclic) bond motifs is 1. The molecule has 2 unspecified atom stereocenters. The van der Waals surface area contributed by atoms with Crippen LogP contribution in [0.25, 0.3) is 21.9 Å². The van der Waals surface area contributed by atoms with Crippen LogP contribution in [0.4, 0.5) is 0 Å². The van der Waals surface area contributed by atoms with Crippen LogP contribution >= 0.6 is 0 Å². The number of hydrogen-bond acceptors (Lipinski definition) is 4. The summed E-state index contributed by atoms with van der Waals surface area (Å²) in [4.78, 5) is 40.7. The van der Waals surface area contributed by atoms with Crippen LogP contribution in [-0.2, 0) is 16.6 Å². The van der Waals surface area contributed by atoms with Gasteiger partial charge >= 0.3 is 5.97 Å². The summed E-state index contributed by atoms with van der Waals surface area (Å²) in [5.74, 6) is -0.0433. The van der Waals surface area contributed by atoms with Crippen molar-refractivity contribution < 1.29 is 14.3 Å². The van der Waals surface area contributed by atoms with E-state index in [4.69, 9.17) is 4.74 Å². The maximum atomic E-state index is 13.2. The number of likely N-dealkylation sites (tertiary alicyclic amines) is 1. The molecule has 6 nitrogen and oxygen atoms in total. The molecule has 0 aliphatic carbocycles.